The number of hydrogen-bond donors (Lipinski definition) is 0. The number of ether oxygens (including phenoxy) is 1. The van der Waals surface area contributed by atoms with Crippen LogP contribution in [0.25, 0.3) is 6.08 Å². The van der Waals surface area contributed by atoms with Crippen LogP contribution in [0.1, 0.15) is 15.7 Å². The largest absolute Gasteiger partial charge is 0.423 e. The quantitative estimate of drug-likeness (QED) is 0.411. The van der Waals surface area contributed by atoms with Crippen molar-refractivity contribution in [2.45, 2.75) is 4.58 Å². The SMILES string of the molecule is O=C(/C=C/c1ccc(Cl)cc1)Oc1ccc(C2SCCS2)cc1. The summed E-state index contributed by atoms with van der Waals surface area (Å²) in [6.07, 6.45) is 3.12. The van der Waals surface area contributed by atoms with E-state index in [9.17, 15) is 4.79 Å². The van der Waals surface area contributed by atoms with Crippen LogP contribution in [0.2, 0.25) is 5.02 Å². The maximum absolute atomic E-state index is 11.9. The summed E-state index contributed by atoms with van der Waals surface area (Å²) in [4.78, 5) is 11.9. The summed E-state index contributed by atoms with van der Waals surface area (Å²) in [5.74, 6) is 2.56. The van der Waals surface area contributed by atoms with E-state index in [1.165, 1.54) is 23.1 Å². The van der Waals surface area contributed by atoms with Gasteiger partial charge < -0.3 is 4.74 Å². The predicted molar refractivity (Wildman–Crippen MR) is 100 cm³/mol. The molecule has 118 valence electrons. The molecule has 0 spiro atoms. The molecular formula is C18H15ClO2S2. The van der Waals surface area contributed by atoms with E-state index in [-0.39, 0.29) is 0 Å². The highest BCUT2D eigenvalue weighted by Gasteiger charge is 2.18. The van der Waals surface area contributed by atoms with Crippen molar-refractivity contribution >= 4 is 47.2 Å². The van der Waals surface area contributed by atoms with Gasteiger partial charge in [-0.2, -0.15) is 0 Å². The lowest BCUT2D eigenvalue weighted by molar-refractivity contribution is -0.128. The maximum Gasteiger partial charge on any atom is 0.336 e. The summed E-state index contributed by atoms with van der Waals surface area (Å²) in [6.45, 7) is 0. The minimum absolute atomic E-state index is 0.391. The van der Waals surface area contributed by atoms with E-state index in [4.69, 9.17) is 16.3 Å². The molecule has 0 bridgehead atoms. The Labute approximate surface area is 149 Å². The lowest BCUT2D eigenvalue weighted by Gasteiger charge is -2.08. The average molecular weight is 363 g/mol. The summed E-state index contributed by atoms with van der Waals surface area (Å²) >= 11 is 9.74. The van der Waals surface area contributed by atoms with Gasteiger partial charge in [-0.25, -0.2) is 4.79 Å². The third-order valence-corrected chi connectivity index (χ3v) is 6.63. The lowest BCUT2D eigenvalue weighted by Crippen LogP contribution is -2.03. The molecule has 0 unspecified atom stereocenters. The third kappa shape index (κ3) is 4.80. The van der Waals surface area contributed by atoms with Crippen molar-refractivity contribution in [3.8, 4) is 5.75 Å². The van der Waals surface area contributed by atoms with Crippen LogP contribution in [-0.2, 0) is 4.79 Å². The summed E-state index contributed by atoms with van der Waals surface area (Å²) in [7, 11) is 0. The third-order valence-electron chi connectivity index (χ3n) is 3.27. The van der Waals surface area contributed by atoms with Gasteiger partial charge >= 0.3 is 5.97 Å². The van der Waals surface area contributed by atoms with E-state index in [0.717, 1.165) is 5.56 Å². The molecule has 23 heavy (non-hydrogen) atoms. The monoisotopic (exact) mass is 362 g/mol. The van der Waals surface area contributed by atoms with E-state index >= 15 is 0 Å². The Kier molecular flexibility index (Phi) is 5.70. The van der Waals surface area contributed by atoms with Crippen molar-refractivity contribution in [1.29, 1.82) is 0 Å². The van der Waals surface area contributed by atoms with Crippen LogP contribution in [-0.4, -0.2) is 17.5 Å². The minimum atomic E-state index is -0.391. The number of esters is 1. The number of thioether (sulfide) groups is 2. The number of carbonyl (C=O) groups excluding carboxylic acids is 1. The zero-order valence-corrected chi connectivity index (χ0v) is 14.7. The lowest BCUT2D eigenvalue weighted by atomic mass is 10.2. The fourth-order valence-corrected chi connectivity index (χ4v) is 5.12. The van der Waals surface area contributed by atoms with E-state index in [0.29, 0.717) is 15.4 Å². The second-order valence-corrected chi connectivity index (χ2v) is 8.11. The van der Waals surface area contributed by atoms with Crippen LogP contribution in [0.5, 0.6) is 5.75 Å². The van der Waals surface area contributed by atoms with Crippen LogP contribution < -0.4 is 4.74 Å². The Morgan fingerprint density at radius 1 is 1.04 bits per heavy atom. The number of rotatable bonds is 4. The van der Waals surface area contributed by atoms with E-state index < -0.39 is 5.97 Å². The van der Waals surface area contributed by atoms with Crippen molar-refractivity contribution in [3.63, 3.8) is 0 Å². The van der Waals surface area contributed by atoms with Crippen LogP contribution >= 0.6 is 35.1 Å². The van der Waals surface area contributed by atoms with Crippen molar-refractivity contribution in [2.75, 3.05) is 11.5 Å². The molecule has 3 rings (SSSR count). The summed E-state index contributed by atoms with van der Waals surface area (Å²) in [5, 5.41) is 0.670. The van der Waals surface area contributed by atoms with Gasteiger partial charge in [0.05, 0.1) is 4.58 Å². The number of benzene rings is 2. The molecule has 0 aromatic heterocycles. The van der Waals surface area contributed by atoms with Gasteiger partial charge in [0, 0.05) is 22.6 Å². The second-order valence-electron chi connectivity index (χ2n) is 4.95. The van der Waals surface area contributed by atoms with Crippen LogP contribution in [0.3, 0.4) is 0 Å². The Morgan fingerprint density at radius 2 is 1.70 bits per heavy atom. The highest BCUT2D eigenvalue weighted by Crippen LogP contribution is 2.45. The van der Waals surface area contributed by atoms with Crippen molar-refractivity contribution in [1.82, 2.24) is 0 Å². The molecule has 0 saturated carbocycles. The summed E-state index contributed by atoms with van der Waals surface area (Å²) in [5.41, 5.74) is 2.17. The highest BCUT2D eigenvalue weighted by atomic mass is 35.5. The minimum Gasteiger partial charge on any atom is -0.423 e. The Morgan fingerprint density at radius 3 is 2.35 bits per heavy atom. The smallest absolute Gasteiger partial charge is 0.336 e. The number of halogens is 1. The zero-order chi connectivity index (χ0) is 16.1. The normalized spacial score (nSPS) is 15.2. The molecule has 0 aliphatic carbocycles. The summed E-state index contributed by atoms with van der Waals surface area (Å²) < 4.78 is 5.82. The van der Waals surface area contributed by atoms with Gasteiger partial charge in [0.1, 0.15) is 5.75 Å². The standard InChI is InChI=1S/C18H15ClO2S2/c19-15-6-1-13(2-7-15)3-10-17(20)21-16-8-4-14(5-9-16)18-22-11-12-23-18/h1-10,18H,11-12H2/b10-3+. The molecule has 1 aliphatic rings. The van der Waals surface area contributed by atoms with Crippen LogP contribution in [0.4, 0.5) is 0 Å². The summed E-state index contributed by atoms with van der Waals surface area (Å²) in [6, 6.07) is 15.0. The van der Waals surface area contributed by atoms with Gasteiger partial charge in [-0.3, -0.25) is 0 Å². The van der Waals surface area contributed by atoms with Gasteiger partial charge in [-0.1, -0.05) is 35.9 Å². The Hall–Kier alpha value is -1.36. The van der Waals surface area contributed by atoms with Crippen LogP contribution in [0.15, 0.2) is 54.6 Å². The first-order valence-electron chi connectivity index (χ1n) is 7.19. The maximum atomic E-state index is 11.9. The van der Waals surface area contributed by atoms with Gasteiger partial charge in [0.25, 0.3) is 0 Å². The van der Waals surface area contributed by atoms with Crippen molar-refractivity contribution in [3.05, 3.63) is 70.8 Å². The average Bonchev–Trinajstić information content (AvgIpc) is 3.09. The van der Waals surface area contributed by atoms with E-state index in [2.05, 4.69) is 0 Å². The van der Waals surface area contributed by atoms with E-state index in [1.807, 2.05) is 59.9 Å². The highest BCUT2D eigenvalue weighted by molar-refractivity contribution is 8.19. The molecule has 2 aromatic rings. The molecule has 1 saturated heterocycles. The molecule has 0 atom stereocenters. The Balaban J connectivity index is 1.57. The molecule has 0 amide bonds. The first-order chi connectivity index (χ1) is 11.2. The number of carbonyl (C=O) groups is 1. The first kappa shape index (κ1) is 16.5. The Bertz CT molecular complexity index is 690. The predicted octanol–water partition coefficient (Wildman–Crippen LogP) is 5.44. The first-order valence-corrected chi connectivity index (χ1v) is 9.67. The molecule has 2 nitrogen and oxygen atoms in total. The fraction of sp³-hybridized carbons (Fsp3) is 0.167. The van der Waals surface area contributed by atoms with Gasteiger partial charge in [-0.05, 0) is 41.5 Å². The molecule has 1 aliphatic heterocycles. The van der Waals surface area contributed by atoms with Gasteiger partial charge in [0.15, 0.2) is 0 Å². The van der Waals surface area contributed by atoms with Crippen LogP contribution in [0, 0.1) is 0 Å². The number of hydrogen-bond acceptors (Lipinski definition) is 4. The van der Waals surface area contributed by atoms with Gasteiger partial charge in [0.2, 0.25) is 0 Å². The molecule has 5 heteroatoms. The molecule has 2 aromatic carbocycles. The van der Waals surface area contributed by atoms with Crippen molar-refractivity contribution in [2.24, 2.45) is 0 Å². The molecule has 1 heterocycles. The van der Waals surface area contributed by atoms with Crippen molar-refractivity contribution < 1.29 is 9.53 Å². The second kappa shape index (κ2) is 7.95. The topological polar surface area (TPSA) is 26.3 Å². The molecular weight excluding hydrogens is 348 g/mol. The fourth-order valence-electron chi connectivity index (χ4n) is 2.13. The molecule has 0 radical (unpaired) electrons. The molecule has 1 fully saturated rings. The molecule has 0 N–H and O–H groups in total. The zero-order valence-electron chi connectivity index (χ0n) is 12.3. The van der Waals surface area contributed by atoms with E-state index in [1.54, 1.807) is 18.2 Å². The van der Waals surface area contributed by atoms with Gasteiger partial charge in [-0.15, -0.1) is 23.5 Å².